The van der Waals surface area contributed by atoms with Crippen molar-refractivity contribution in [1.82, 2.24) is 25.5 Å². The van der Waals surface area contributed by atoms with Gasteiger partial charge in [-0.3, -0.25) is 4.79 Å². The van der Waals surface area contributed by atoms with Crippen molar-refractivity contribution in [1.29, 1.82) is 0 Å². The molecule has 1 amide bonds. The van der Waals surface area contributed by atoms with Gasteiger partial charge in [-0.2, -0.15) is 4.68 Å². The second-order valence-corrected chi connectivity index (χ2v) is 6.14. The van der Waals surface area contributed by atoms with E-state index >= 15 is 0 Å². The molecule has 0 unspecified atom stereocenters. The highest BCUT2D eigenvalue weighted by Crippen LogP contribution is 2.18. The summed E-state index contributed by atoms with van der Waals surface area (Å²) in [6.45, 7) is 1.96. The van der Waals surface area contributed by atoms with Gasteiger partial charge in [-0.15, -0.1) is 5.10 Å². The van der Waals surface area contributed by atoms with Crippen LogP contribution in [0, 0.1) is 0 Å². The largest absolute Gasteiger partial charge is 0.349 e. The molecule has 0 saturated heterocycles. The third-order valence-corrected chi connectivity index (χ3v) is 4.37. The lowest BCUT2D eigenvalue weighted by Gasteiger charge is -2.13. The minimum Gasteiger partial charge on any atom is -0.349 e. The first kappa shape index (κ1) is 16.2. The predicted molar refractivity (Wildman–Crippen MR) is 92.9 cm³/mol. The maximum Gasteiger partial charge on any atom is 0.230 e. The summed E-state index contributed by atoms with van der Waals surface area (Å²) in [4.78, 5) is 12.2. The highest BCUT2D eigenvalue weighted by molar-refractivity contribution is 7.99. The summed E-state index contributed by atoms with van der Waals surface area (Å²) in [6, 6.07) is 19.4. The average Bonchev–Trinajstić information content (AvgIpc) is 3.10. The fraction of sp³-hybridized carbons (Fsp3) is 0.176. The number of benzene rings is 2. The van der Waals surface area contributed by atoms with Crippen LogP contribution in [0.3, 0.4) is 0 Å². The fourth-order valence-corrected chi connectivity index (χ4v) is 2.94. The zero-order valence-electron chi connectivity index (χ0n) is 13.2. The van der Waals surface area contributed by atoms with Crippen LogP contribution in [0.5, 0.6) is 0 Å². The molecule has 0 aliphatic carbocycles. The predicted octanol–water partition coefficient (Wildman–Crippen LogP) is 2.63. The van der Waals surface area contributed by atoms with E-state index in [1.54, 1.807) is 4.68 Å². The lowest BCUT2D eigenvalue weighted by molar-refractivity contribution is -0.119. The van der Waals surface area contributed by atoms with E-state index in [1.165, 1.54) is 11.8 Å². The van der Waals surface area contributed by atoms with Crippen LogP contribution in [0.25, 0.3) is 5.69 Å². The first-order valence-corrected chi connectivity index (χ1v) is 8.53. The molecule has 1 aromatic heterocycles. The molecule has 3 aromatic rings. The van der Waals surface area contributed by atoms with Gasteiger partial charge in [0.05, 0.1) is 17.5 Å². The molecule has 0 aliphatic heterocycles. The number of amides is 1. The van der Waals surface area contributed by atoms with E-state index < -0.39 is 0 Å². The highest BCUT2D eigenvalue weighted by Gasteiger charge is 2.13. The molecule has 1 atom stereocenters. The normalized spacial score (nSPS) is 11.9. The summed E-state index contributed by atoms with van der Waals surface area (Å²) in [5, 5.41) is 15.2. The van der Waals surface area contributed by atoms with Crippen LogP contribution in [-0.4, -0.2) is 31.9 Å². The molecule has 0 bridgehead atoms. The zero-order chi connectivity index (χ0) is 16.8. The molecule has 7 heteroatoms. The van der Waals surface area contributed by atoms with Crippen LogP contribution in [0.1, 0.15) is 18.5 Å². The number of hydrogen-bond acceptors (Lipinski definition) is 5. The molecule has 0 saturated carbocycles. The zero-order valence-corrected chi connectivity index (χ0v) is 14.0. The Morgan fingerprint density at radius 2 is 1.79 bits per heavy atom. The average molecular weight is 339 g/mol. The molecule has 0 spiro atoms. The van der Waals surface area contributed by atoms with Crippen LogP contribution in [0.4, 0.5) is 0 Å². The Hall–Kier alpha value is -2.67. The first-order valence-electron chi connectivity index (χ1n) is 7.55. The van der Waals surface area contributed by atoms with Gasteiger partial charge in [0.1, 0.15) is 0 Å². The number of nitrogens with zero attached hydrogens (tertiary/aromatic N) is 4. The summed E-state index contributed by atoms with van der Waals surface area (Å²) < 4.78 is 1.62. The highest BCUT2D eigenvalue weighted by atomic mass is 32.2. The van der Waals surface area contributed by atoms with Crippen LogP contribution < -0.4 is 5.32 Å². The molecule has 0 radical (unpaired) electrons. The number of tetrazole rings is 1. The van der Waals surface area contributed by atoms with Gasteiger partial charge in [-0.1, -0.05) is 60.3 Å². The van der Waals surface area contributed by atoms with Crippen molar-refractivity contribution in [2.24, 2.45) is 0 Å². The second-order valence-electron chi connectivity index (χ2n) is 5.20. The van der Waals surface area contributed by atoms with Crippen LogP contribution in [-0.2, 0) is 4.79 Å². The van der Waals surface area contributed by atoms with Gasteiger partial charge in [0.2, 0.25) is 11.1 Å². The number of nitrogens with one attached hydrogen (secondary N) is 1. The second kappa shape index (κ2) is 7.74. The maximum absolute atomic E-state index is 12.2. The summed E-state index contributed by atoms with van der Waals surface area (Å²) in [6.07, 6.45) is 0. The Kier molecular flexibility index (Phi) is 5.22. The monoisotopic (exact) mass is 339 g/mol. The van der Waals surface area contributed by atoms with E-state index in [9.17, 15) is 4.79 Å². The number of carbonyl (C=O) groups excluding carboxylic acids is 1. The van der Waals surface area contributed by atoms with Crippen molar-refractivity contribution >= 4 is 17.7 Å². The van der Waals surface area contributed by atoms with Gasteiger partial charge in [0, 0.05) is 0 Å². The number of carbonyl (C=O) groups is 1. The molecule has 1 N–H and O–H groups in total. The molecule has 0 fully saturated rings. The van der Waals surface area contributed by atoms with E-state index in [0.717, 1.165) is 11.3 Å². The lowest BCUT2D eigenvalue weighted by Crippen LogP contribution is -2.28. The van der Waals surface area contributed by atoms with Crippen molar-refractivity contribution in [2.75, 3.05) is 5.75 Å². The van der Waals surface area contributed by atoms with E-state index in [1.807, 2.05) is 67.6 Å². The van der Waals surface area contributed by atoms with Gasteiger partial charge in [0.25, 0.3) is 0 Å². The standard InChI is InChI=1S/C17H17N5OS/c1-13(14-8-4-2-5-9-14)18-16(23)12-24-17-19-20-21-22(17)15-10-6-3-7-11-15/h2-11,13H,12H2,1H3,(H,18,23)/t13-/m0/s1. The minimum atomic E-state index is -0.0565. The Bertz CT molecular complexity index is 791. The number of rotatable bonds is 6. The summed E-state index contributed by atoms with van der Waals surface area (Å²) in [5.74, 6) is 0.198. The van der Waals surface area contributed by atoms with Gasteiger partial charge in [-0.25, -0.2) is 0 Å². The number of thioether (sulfide) groups is 1. The molecule has 1 heterocycles. The van der Waals surface area contributed by atoms with E-state index in [4.69, 9.17) is 0 Å². The molecule has 24 heavy (non-hydrogen) atoms. The van der Waals surface area contributed by atoms with Gasteiger partial charge in [-0.05, 0) is 35.0 Å². The Labute approximate surface area is 144 Å². The van der Waals surface area contributed by atoms with Gasteiger partial charge >= 0.3 is 0 Å². The quantitative estimate of drug-likeness (QED) is 0.699. The molecule has 2 aromatic carbocycles. The molecule has 122 valence electrons. The van der Waals surface area contributed by atoms with Crippen molar-refractivity contribution in [3.63, 3.8) is 0 Å². The Balaban J connectivity index is 1.59. The first-order chi connectivity index (χ1) is 11.7. The van der Waals surface area contributed by atoms with Crippen LogP contribution in [0.15, 0.2) is 65.8 Å². The third-order valence-electron chi connectivity index (χ3n) is 3.45. The van der Waals surface area contributed by atoms with Crippen molar-refractivity contribution in [2.45, 2.75) is 18.1 Å². The molecule has 3 rings (SSSR count). The summed E-state index contributed by atoms with van der Waals surface area (Å²) >= 11 is 1.31. The topological polar surface area (TPSA) is 72.7 Å². The fourth-order valence-electron chi connectivity index (χ4n) is 2.24. The van der Waals surface area contributed by atoms with E-state index in [0.29, 0.717) is 5.16 Å². The Morgan fingerprint density at radius 1 is 1.12 bits per heavy atom. The van der Waals surface area contributed by atoms with Crippen LogP contribution in [0.2, 0.25) is 0 Å². The van der Waals surface area contributed by atoms with Gasteiger partial charge < -0.3 is 5.32 Å². The van der Waals surface area contributed by atoms with Crippen molar-refractivity contribution in [3.05, 3.63) is 66.2 Å². The number of para-hydroxylation sites is 1. The summed E-state index contributed by atoms with van der Waals surface area (Å²) in [5.41, 5.74) is 1.94. The number of aromatic nitrogens is 4. The smallest absolute Gasteiger partial charge is 0.230 e. The molecule has 0 aliphatic rings. The minimum absolute atomic E-state index is 0.0376. The maximum atomic E-state index is 12.2. The molecule has 6 nitrogen and oxygen atoms in total. The molecular formula is C17H17N5OS. The van der Waals surface area contributed by atoms with Gasteiger partial charge in [0.15, 0.2) is 0 Å². The lowest BCUT2D eigenvalue weighted by atomic mass is 10.1. The number of hydrogen-bond donors (Lipinski definition) is 1. The SMILES string of the molecule is C[C@H](NC(=O)CSc1nnnn1-c1ccccc1)c1ccccc1. The van der Waals surface area contributed by atoms with Crippen molar-refractivity contribution < 1.29 is 4.79 Å². The van der Waals surface area contributed by atoms with E-state index in [2.05, 4.69) is 20.8 Å². The Morgan fingerprint density at radius 3 is 2.50 bits per heavy atom. The third kappa shape index (κ3) is 3.99. The van der Waals surface area contributed by atoms with Crippen molar-refractivity contribution in [3.8, 4) is 5.69 Å². The van der Waals surface area contributed by atoms with E-state index in [-0.39, 0.29) is 17.7 Å². The summed E-state index contributed by atoms with van der Waals surface area (Å²) in [7, 11) is 0. The molecular weight excluding hydrogens is 322 g/mol. The van der Waals surface area contributed by atoms with Crippen LogP contribution >= 0.6 is 11.8 Å².